The number of nitrogens with one attached hydrogen (secondary N) is 1. The fraction of sp³-hybridized carbons (Fsp3) is 0.235. The summed E-state index contributed by atoms with van der Waals surface area (Å²) < 4.78 is 40.2. The quantitative estimate of drug-likeness (QED) is 0.212. The Hall–Kier alpha value is -4.54. The number of likely N-dealkylation sites (N-methyl/N-ethyl adjacent to an activating group) is 1. The van der Waals surface area contributed by atoms with Crippen molar-refractivity contribution in [3.63, 3.8) is 0 Å². The summed E-state index contributed by atoms with van der Waals surface area (Å²) in [4.78, 5) is 29.2. The second-order valence-corrected chi connectivity index (χ2v) is 12.6. The van der Waals surface area contributed by atoms with Gasteiger partial charge in [0.1, 0.15) is 12.6 Å². The lowest BCUT2D eigenvalue weighted by atomic mass is 10.0. The van der Waals surface area contributed by atoms with Crippen molar-refractivity contribution in [2.24, 2.45) is 0 Å². The van der Waals surface area contributed by atoms with Crippen LogP contribution in [0, 0.1) is 6.92 Å². The van der Waals surface area contributed by atoms with Gasteiger partial charge in [0.05, 0.1) is 24.8 Å². The van der Waals surface area contributed by atoms with Crippen molar-refractivity contribution < 1.29 is 27.5 Å². The molecule has 4 aromatic rings. The van der Waals surface area contributed by atoms with E-state index in [0.29, 0.717) is 10.8 Å². The molecule has 1 atom stereocenters. The standard InChI is InChI=1S/C34H36ClN3O6S/c1-24-10-8-9-13-26(24)22-37(30(34(40)36-2)20-25-11-6-5-7-12-25)33(39)23-38(28-16-14-27(35)15-17-28)45(41,42)29-18-19-31(43-3)32(21-29)44-4/h5-19,21,30H,20,22-23H2,1-4H3,(H,36,40)/t30-/m0/s1. The van der Waals surface area contributed by atoms with E-state index in [1.54, 1.807) is 12.1 Å². The summed E-state index contributed by atoms with van der Waals surface area (Å²) in [6.45, 7) is 1.42. The van der Waals surface area contributed by atoms with E-state index >= 15 is 0 Å². The lowest BCUT2D eigenvalue weighted by Gasteiger charge is -2.34. The summed E-state index contributed by atoms with van der Waals surface area (Å²) in [6, 6.07) is 26.4. The number of carbonyl (C=O) groups excluding carboxylic acids is 2. The van der Waals surface area contributed by atoms with Crippen LogP contribution >= 0.6 is 11.6 Å². The average Bonchev–Trinajstić information content (AvgIpc) is 3.06. The molecule has 0 aliphatic carbocycles. The summed E-state index contributed by atoms with van der Waals surface area (Å²) >= 11 is 6.13. The number of aryl methyl sites for hydroxylation is 1. The van der Waals surface area contributed by atoms with Gasteiger partial charge in [0.15, 0.2) is 11.5 Å². The molecule has 4 aromatic carbocycles. The molecule has 0 bridgehead atoms. The molecule has 9 nitrogen and oxygen atoms in total. The van der Waals surface area contributed by atoms with Crippen molar-refractivity contribution in [1.82, 2.24) is 10.2 Å². The molecule has 11 heteroatoms. The van der Waals surface area contributed by atoms with Crippen molar-refractivity contribution in [3.05, 3.63) is 119 Å². The van der Waals surface area contributed by atoms with Crippen LogP contribution < -0.4 is 19.1 Å². The predicted molar refractivity (Wildman–Crippen MR) is 175 cm³/mol. The Morgan fingerprint density at radius 1 is 0.867 bits per heavy atom. The molecular weight excluding hydrogens is 614 g/mol. The molecule has 0 aliphatic heterocycles. The van der Waals surface area contributed by atoms with Gasteiger partial charge < -0.3 is 19.7 Å². The molecule has 0 aliphatic rings. The lowest BCUT2D eigenvalue weighted by molar-refractivity contribution is -0.139. The summed E-state index contributed by atoms with van der Waals surface area (Å²) in [5.74, 6) is -0.377. The third-order valence-electron chi connectivity index (χ3n) is 7.46. The second kappa shape index (κ2) is 15.0. The minimum Gasteiger partial charge on any atom is -0.493 e. The van der Waals surface area contributed by atoms with Crippen molar-refractivity contribution in [1.29, 1.82) is 0 Å². The fourth-order valence-electron chi connectivity index (χ4n) is 4.93. The number of carbonyl (C=O) groups is 2. The van der Waals surface area contributed by atoms with Crippen LogP contribution in [0.15, 0.2) is 102 Å². The van der Waals surface area contributed by atoms with Gasteiger partial charge >= 0.3 is 0 Å². The maximum atomic E-state index is 14.4. The number of ether oxygens (including phenoxy) is 2. The molecule has 0 saturated heterocycles. The Balaban J connectivity index is 1.81. The van der Waals surface area contributed by atoms with Crippen LogP contribution in [0.3, 0.4) is 0 Å². The maximum absolute atomic E-state index is 14.4. The third kappa shape index (κ3) is 7.95. The first-order chi connectivity index (χ1) is 21.6. The molecular formula is C34H36ClN3O6S. The summed E-state index contributed by atoms with van der Waals surface area (Å²) in [7, 11) is 0.0313. The first-order valence-electron chi connectivity index (χ1n) is 14.2. The zero-order valence-corrected chi connectivity index (χ0v) is 27.1. The highest BCUT2D eigenvalue weighted by Crippen LogP contribution is 2.33. The zero-order valence-electron chi connectivity index (χ0n) is 25.6. The molecule has 1 N–H and O–H groups in total. The third-order valence-corrected chi connectivity index (χ3v) is 9.48. The van der Waals surface area contributed by atoms with Crippen LogP contribution in [0.5, 0.6) is 11.5 Å². The van der Waals surface area contributed by atoms with E-state index in [-0.39, 0.29) is 35.2 Å². The summed E-state index contributed by atoms with van der Waals surface area (Å²) in [6.07, 6.45) is 0.224. The Morgan fingerprint density at radius 2 is 1.51 bits per heavy atom. The smallest absolute Gasteiger partial charge is 0.264 e. The van der Waals surface area contributed by atoms with E-state index in [0.717, 1.165) is 21.0 Å². The number of rotatable bonds is 13. The number of hydrogen-bond donors (Lipinski definition) is 1. The van der Waals surface area contributed by atoms with Crippen molar-refractivity contribution in [2.45, 2.75) is 30.8 Å². The number of methoxy groups -OCH3 is 2. The molecule has 0 fully saturated rings. The zero-order chi connectivity index (χ0) is 32.6. The monoisotopic (exact) mass is 649 g/mol. The van der Waals surface area contributed by atoms with E-state index in [1.807, 2.05) is 61.5 Å². The number of amides is 2. The summed E-state index contributed by atoms with van der Waals surface area (Å²) in [5.41, 5.74) is 2.82. The molecule has 236 valence electrons. The van der Waals surface area contributed by atoms with Crippen molar-refractivity contribution in [2.75, 3.05) is 32.1 Å². The molecule has 0 saturated carbocycles. The van der Waals surface area contributed by atoms with Crippen LogP contribution in [0.2, 0.25) is 5.02 Å². The van der Waals surface area contributed by atoms with E-state index < -0.39 is 28.5 Å². The van der Waals surface area contributed by atoms with Gasteiger partial charge in [0.2, 0.25) is 11.8 Å². The van der Waals surface area contributed by atoms with Gasteiger partial charge in [-0.3, -0.25) is 13.9 Å². The van der Waals surface area contributed by atoms with E-state index in [9.17, 15) is 18.0 Å². The number of sulfonamides is 1. The SMILES string of the molecule is CNC(=O)[C@H](Cc1ccccc1)N(Cc1ccccc1C)C(=O)CN(c1ccc(Cl)cc1)S(=O)(=O)c1ccc(OC)c(OC)c1. The van der Waals surface area contributed by atoms with Crippen molar-refractivity contribution in [3.8, 4) is 11.5 Å². The Morgan fingerprint density at radius 3 is 2.13 bits per heavy atom. The highest BCUT2D eigenvalue weighted by Gasteiger charge is 2.35. The van der Waals surface area contributed by atoms with Gasteiger partial charge in [0, 0.05) is 31.1 Å². The minimum absolute atomic E-state index is 0.0846. The lowest BCUT2D eigenvalue weighted by Crippen LogP contribution is -2.53. The normalized spacial score (nSPS) is 11.8. The van der Waals surface area contributed by atoms with E-state index in [1.165, 1.54) is 56.5 Å². The summed E-state index contributed by atoms with van der Waals surface area (Å²) in [5, 5.41) is 3.09. The predicted octanol–water partition coefficient (Wildman–Crippen LogP) is 5.25. The number of hydrogen-bond acceptors (Lipinski definition) is 6. The molecule has 0 unspecified atom stereocenters. The van der Waals surface area contributed by atoms with Gasteiger partial charge in [-0.1, -0.05) is 66.2 Å². The highest BCUT2D eigenvalue weighted by molar-refractivity contribution is 7.92. The Kier molecular flexibility index (Phi) is 11.1. The highest BCUT2D eigenvalue weighted by atomic mass is 35.5. The van der Waals surface area contributed by atoms with E-state index in [4.69, 9.17) is 21.1 Å². The van der Waals surface area contributed by atoms with Crippen LogP contribution in [-0.2, 0) is 32.6 Å². The van der Waals surface area contributed by atoms with Gasteiger partial charge in [-0.15, -0.1) is 0 Å². The first kappa shape index (κ1) is 33.4. The molecule has 45 heavy (non-hydrogen) atoms. The number of nitrogens with zero attached hydrogens (tertiary/aromatic N) is 2. The number of anilines is 1. The maximum Gasteiger partial charge on any atom is 0.264 e. The number of benzene rings is 4. The van der Waals surface area contributed by atoms with Gasteiger partial charge in [-0.25, -0.2) is 8.42 Å². The molecule has 2 amide bonds. The fourth-order valence-corrected chi connectivity index (χ4v) is 6.49. The average molecular weight is 650 g/mol. The molecule has 0 spiro atoms. The first-order valence-corrected chi connectivity index (χ1v) is 16.0. The van der Waals surface area contributed by atoms with Crippen molar-refractivity contribution >= 4 is 39.1 Å². The molecule has 0 heterocycles. The van der Waals surface area contributed by atoms with Gasteiger partial charge in [-0.05, 0) is 60.0 Å². The largest absolute Gasteiger partial charge is 0.493 e. The van der Waals surface area contributed by atoms with Gasteiger partial charge in [-0.2, -0.15) is 0 Å². The Bertz CT molecular complexity index is 1730. The molecule has 4 rings (SSSR count). The van der Waals surface area contributed by atoms with E-state index in [2.05, 4.69) is 5.32 Å². The molecule has 0 aromatic heterocycles. The Labute approximate surface area is 269 Å². The van der Waals surface area contributed by atoms with Gasteiger partial charge in [0.25, 0.3) is 10.0 Å². The van der Waals surface area contributed by atoms with Crippen LogP contribution in [0.4, 0.5) is 5.69 Å². The second-order valence-electron chi connectivity index (χ2n) is 10.3. The number of halogens is 1. The van der Waals surface area contributed by atoms with Crippen LogP contribution in [0.1, 0.15) is 16.7 Å². The van der Waals surface area contributed by atoms with Crippen LogP contribution in [-0.4, -0.2) is 59.0 Å². The minimum atomic E-state index is -4.34. The topological polar surface area (TPSA) is 105 Å². The van der Waals surface area contributed by atoms with Crippen LogP contribution in [0.25, 0.3) is 0 Å². The molecule has 0 radical (unpaired) electrons.